The number of anilines is 1. The Labute approximate surface area is 223 Å². The second-order valence-corrected chi connectivity index (χ2v) is 10.0. The average molecular weight is 550 g/mol. The van der Waals surface area contributed by atoms with Crippen molar-refractivity contribution in [2.24, 2.45) is 5.41 Å². The molecule has 0 amide bonds. The number of methoxy groups -OCH3 is 1. The van der Waals surface area contributed by atoms with Gasteiger partial charge in [0, 0.05) is 36.2 Å². The molecule has 0 spiro atoms. The predicted molar refractivity (Wildman–Crippen MR) is 138 cm³/mol. The molecule has 3 aromatic rings. The van der Waals surface area contributed by atoms with Crippen molar-refractivity contribution in [1.29, 1.82) is 0 Å². The normalized spacial score (nSPS) is 16.3. The quantitative estimate of drug-likeness (QED) is 0.221. The van der Waals surface area contributed by atoms with Gasteiger partial charge in [-0.1, -0.05) is 0 Å². The summed E-state index contributed by atoms with van der Waals surface area (Å²) in [5.74, 6) is -4.39. The molecule has 7 nitrogen and oxygen atoms in total. The number of aliphatic carboxylic acids is 1. The largest absolute Gasteiger partial charge is 0.497 e. The van der Waals surface area contributed by atoms with E-state index in [1.165, 1.54) is 7.11 Å². The Kier molecular flexibility index (Phi) is 8.91. The average Bonchev–Trinajstić information content (AvgIpc) is 2.90. The number of aromatic nitrogens is 1. The van der Waals surface area contributed by atoms with Crippen molar-refractivity contribution in [2.45, 2.75) is 38.2 Å². The maximum Gasteiger partial charge on any atom is 0.303 e. The molecule has 1 fully saturated rings. The first-order valence-electron chi connectivity index (χ1n) is 12.7. The molecule has 1 atom stereocenters. The van der Waals surface area contributed by atoms with Gasteiger partial charge in [-0.05, 0) is 62.4 Å². The maximum absolute atomic E-state index is 14.8. The summed E-state index contributed by atoms with van der Waals surface area (Å²) in [6.45, 7) is 1.80. The second kappa shape index (κ2) is 12.2. The lowest BCUT2D eigenvalue weighted by Crippen LogP contribution is -2.43. The first-order chi connectivity index (χ1) is 18.6. The van der Waals surface area contributed by atoms with Gasteiger partial charge in [-0.2, -0.15) is 0 Å². The van der Waals surface area contributed by atoms with Crippen molar-refractivity contribution in [3.8, 4) is 5.75 Å². The van der Waals surface area contributed by atoms with Crippen LogP contribution in [-0.2, 0) is 4.79 Å². The number of carboxylic acid groups (broad SMARTS) is 1. The monoisotopic (exact) mass is 549 g/mol. The molecule has 4 rings (SSSR count). The third kappa shape index (κ3) is 6.77. The molecule has 0 aliphatic carbocycles. The summed E-state index contributed by atoms with van der Waals surface area (Å²) in [6, 6.07) is 6.36. The molecule has 0 saturated carbocycles. The summed E-state index contributed by atoms with van der Waals surface area (Å²) in [4.78, 5) is 17.9. The number of fused-ring (bicyclic) bond motifs is 1. The highest BCUT2D eigenvalue weighted by Crippen LogP contribution is 2.42. The number of ether oxygens (including phenoxy) is 1. The van der Waals surface area contributed by atoms with Crippen molar-refractivity contribution in [2.75, 3.05) is 38.6 Å². The van der Waals surface area contributed by atoms with E-state index in [0.29, 0.717) is 61.6 Å². The van der Waals surface area contributed by atoms with Crippen molar-refractivity contribution in [1.82, 2.24) is 9.88 Å². The number of aliphatic hydroxyl groups excluding tert-OH is 1. The summed E-state index contributed by atoms with van der Waals surface area (Å²) in [5.41, 5.74) is -0.235. The molecule has 2 aromatic carbocycles. The lowest BCUT2D eigenvalue weighted by atomic mass is 9.71. The fourth-order valence-electron chi connectivity index (χ4n) is 5.34. The zero-order valence-electron chi connectivity index (χ0n) is 21.5. The van der Waals surface area contributed by atoms with Crippen LogP contribution in [0, 0.1) is 28.7 Å². The van der Waals surface area contributed by atoms with E-state index in [1.807, 2.05) is 0 Å². The van der Waals surface area contributed by atoms with Gasteiger partial charge in [0.15, 0.2) is 11.6 Å². The number of benzene rings is 2. The van der Waals surface area contributed by atoms with E-state index in [1.54, 1.807) is 18.2 Å². The molecule has 11 heteroatoms. The van der Waals surface area contributed by atoms with Gasteiger partial charge in [-0.3, -0.25) is 9.78 Å². The molecule has 3 N–H and O–H groups in total. The smallest absolute Gasteiger partial charge is 0.303 e. The molecule has 1 aliphatic rings. The highest BCUT2D eigenvalue weighted by Gasteiger charge is 2.37. The Balaban J connectivity index is 1.39. The Hall–Kier alpha value is -3.44. The molecule has 0 bridgehead atoms. The van der Waals surface area contributed by atoms with Crippen LogP contribution in [0.2, 0.25) is 0 Å². The van der Waals surface area contributed by atoms with Crippen LogP contribution in [0.3, 0.4) is 0 Å². The molecule has 0 radical (unpaired) electrons. The van der Waals surface area contributed by atoms with Gasteiger partial charge in [0.1, 0.15) is 17.4 Å². The number of rotatable bonds is 11. The summed E-state index contributed by atoms with van der Waals surface area (Å²) in [7, 11) is 1.49. The van der Waals surface area contributed by atoms with Gasteiger partial charge in [-0.15, -0.1) is 0 Å². The van der Waals surface area contributed by atoms with E-state index in [4.69, 9.17) is 4.74 Å². The van der Waals surface area contributed by atoms with Gasteiger partial charge >= 0.3 is 5.97 Å². The molecule has 210 valence electrons. The highest BCUT2D eigenvalue weighted by atomic mass is 19.2. The van der Waals surface area contributed by atoms with Crippen LogP contribution in [0.15, 0.2) is 36.5 Å². The number of carboxylic acids is 1. The third-order valence-corrected chi connectivity index (χ3v) is 7.53. The minimum Gasteiger partial charge on any atom is -0.497 e. The van der Waals surface area contributed by atoms with E-state index in [2.05, 4.69) is 15.2 Å². The number of carbonyl (C=O) groups is 1. The zero-order chi connectivity index (χ0) is 28.2. The third-order valence-electron chi connectivity index (χ3n) is 7.53. The summed E-state index contributed by atoms with van der Waals surface area (Å²) >= 11 is 0. The first kappa shape index (κ1) is 28.6. The molecule has 1 aliphatic heterocycles. The van der Waals surface area contributed by atoms with Crippen molar-refractivity contribution in [3.05, 3.63) is 65.4 Å². The molecule has 2 heterocycles. The van der Waals surface area contributed by atoms with E-state index >= 15 is 0 Å². The van der Waals surface area contributed by atoms with E-state index in [9.17, 15) is 32.6 Å². The van der Waals surface area contributed by atoms with Crippen LogP contribution in [0.1, 0.15) is 43.8 Å². The maximum atomic E-state index is 14.8. The van der Waals surface area contributed by atoms with Crippen LogP contribution >= 0.6 is 0 Å². The molecule has 39 heavy (non-hydrogen) atoms. The standard InChI is InChI=1S/C28H31F4N3O4/c1-39-18-2-3-22-19(14-18)26(21(31)16-34-22)24(36)4-5-28(15-25(37)38)6-9-35(10-7-28)11-8-33-23-13-17(29)12-20(30)27(23)32/h2-3,12-14,16,24,33,36H,4-11,15H2,1H3,(H,37,38)/t24-/m1/s1. The number of hydrogen-bond donors (Lipinski definition) is 3. The summed E-state index contributed by atoms with van der Waals surface area (Å²) < 4.78 is 60.7. The van der Waals surface area contributed by atoms with Crippen LogP contribution in [-0.4, -0.2) is 59.4 Å². The van der Waals surface area contributed by atoms with Crippen LogP contribution in [0.25, 0.3) is 10.9 Å². The predicted octanol–water partition coefficient (Wildman–Crippen LogP) is 5.28. The van der Waals surface area contributed by atoms with Crippen LogP contribution in [0.4, 0.5) is 23.2 Å². The topological polar surface area (TPSA) is 94.9 Å². The number of pyridine rings is 1. The lowest BCUT2D eigenvalue weighted by Gasteiger charge is -2.41. The highest BCUT2D eigenvalue weighted by molar-refractivity contribution is 5.84. The minimum absolute atomic E-state index is 0.0903. The number of hydrogen-bond acceptors (Lipinski definition) is 6. The summed E-state index contributed by atoms with van der Waals surface area (Å²) in [6.07, 6.45) is 1.39. The molecule has 1 aromatic heterocycles. The molecular formula is C28H31F4N3O4. The minimum atomic E-state index is -1.27. The fourth-order valence-corrected chi connectivity index (χ4v) is 5.34. The van der Waals surface area contributed by atoms with Crippen LogP contribution in [0.5, 0.6) is 5.75 Å². The van der Waals surface area contributed by atoms with Crippen molar-refractivity contribution < 1.29 is 37.3 Å². The van der Waals surface area contributed by atoms with Crippen molar-refractivity contribution in [3.63, 3.8) is 0 Å². The Morgan fingerprint density at radius 3 is 2.59 bits per heavy atom. The number of piperidine rings is 1. The first-order valence-corrected chi connectivity index (χ1v) is 12.7. The van der Waals surface area contributed by atoms with Crippen molar-refractivity contribution >= 4 is 22.6 Å². The summed E-state index contributed by atoms with van der Waals surface area (Å²) in [5, 5.41) is 23.8. The molecular weight excluding hydrogens is 518 g/mol. The Morgan fingerprint density at radius 1 is 1.15 bits per heavy atom. The second-order valence-electron chi connectivity index (χ2n) is 10.0. The van der Waals surface area contributed by atoms with Gasteiger partial charge in [0.05, 0.1) is 37.0 Å². The number of nitrogens with zero attached hydrogens (tertiary/aromatic N) is 2. The molecule has 1 saturated heterocycles. The number of aliphatic hydroxyl groups is 1. The SMILES string of the molecule is COc1ccc2ncc(F)c([C@H](O)CCC3(CC(=O)O)CCN(CCNc4cc(F)cc(F)c4F)CC3)c2c1. The number of nitrogens with one attached hydrogen (secondary N) is 1. The van der Waals surface area contributed by atoms with Gasteiger partial charge in [0.2, 0.25) is 0 Å². The van der Waals surface area contributed by atoms with Crippen LogP contribution < -0.4 is 10.1 Å². The Morgan fingerprint density at radius 2 is 1.90 bits per heavy atom. The van der Waals surface area contributed by atoms with E-state index in [0.717, 1.165) is 12.3 Å². The fraction of sp³-hybridized carbons (Fsp3) is 0.429. The van der Waals surface area contributed by atoms with E-state index < -0.39 is 40.8 Å². The Bertz CT molecular complexity index is 1330. The number of halogens is 4. The zero-order valence-corrected chi connectivity index (χ0v) is 21.5. The molecule has 0 unspecified atom stereocenters. The van der Waals surface area contributed by atoms with Gasteiger partial charge in [0.25, 0.3) is 0 Å². The number of likely N-dealkylation sites (tertiary alicyclic amines) is 1. The lowest BCUT2D eigenvalue weighted by molar-refractivity contribution is -0.141. The van der Waals surface area contributed by atoms with E-state index in [-0.39, 0.29) is 30.6 Å². The van der Waals surface area contributed by atoms with Gasteiger partial charge in [-0.25, -0.2) is 17.6 Å². The van der Waals surface area contributed by atoms with Gasteiger partial charge < -0.3 is 25.2 Å².